The first-order valence-corrected chi connectivity index (χ1v) is 10.3. The van der Waals surface area contributed by atoms with Crippen molar-refractivity contribution in [2.75, 3.05) is 19.0 Å². The molecule has 2 aliphatic rings. The van der Waals surface area contributed by atoms with Gasteiger partial charge in [0.2, 0.25) is 5.91 Å². The van der Waals surface area contributed by atoms with Crippen molar-refractivity contribution in [2.24, 2.45) is 0 Å². The van der Waals surface area contributed by atoms with E-state index in [0.717, 1.165) is 27.5 Å². The lowest BCUT2D eigenvalue weighted by molar-refractivity contribution is -0.119. The molecule has 0 fully saturated rings. The number of thioether (sulfide) groups is 1. The van der Waals surface area contributed by atoms with Crippen LogP contribution >= 0.6 is 11.8 Å². The standard InChI is InChI=1S/C23H19NO3S/c25-22(14-28-15-9-10-20-21(13-15)27-12-11-26-20)24-23-18-7-3-1-5-16(18)17-6-2-4-8-19(17)23/h1-10,13,23H,11-12,14H2,(H,24,25). The summed E-state index contributed by atoms with van der Waals surface area (Å²) in [5.74, 6) is 1.87. The number of carbonyl (C=O) groups excluding carboxylic acids is 1. The number of amides is 1. The second kappa shape index (κ2) is 7.24. The molecule has 1 amide bonds. The lowest BCUT2D eigenvalue weighted by Gasteiger charge is -2.19. The maximum atomic E-state index is 12.7. The Hall–Kier alpha value is -2.92. The molecule has 28 heavy (non-hydrogen) atoms. The number of fused-ring (bicyclic) bond motifs is 4. The maximum Gasteiger partial charge on any atom is 0.231 e. The van der Waals surface area contributed by atoms with Gasteiger partial charge in [-0.15, -0.1) is 11.8 Å². The highest BCUT2D eigenvalue weighted by Gasteiger charge is 2.29. The summed E-state index contributed by atoms with van der Waals surface area (Å²) in [6, 6.07) is 22.2. The van der Waals surface area contributed by atoms with Crippen LogP contribution in [0.15, 0.2) is 71.6 Å². The number of nitrogens with one attached hydrogen (secondary N) is 1. The molecule has 0 saturated heterocycles. The zero-order chi connectivity index (χ0) is 18.9. The van der Waals surface area contributed by atoms with Gasteiger partial charge in [0, 0.05) is 4.90 Å². The van der Waals surface area contributed by atoms with Crippen LogP contribution in [0.4, 0.5) is 0 Å². The minimum absolute atomic E-state index is 0.0106. The van der Waals surface area contributed by atoms with Gasteiger partial charge in [-0.05, 0) is 40.5 Å². The average Bonchev–Trinajstić information content (AvgIpc) is 3.06. The van der Waals surface area contributed by atoms with E-state index in [1.807, 2.05) is 42.5 Å². The zero-order valence-electron chi connectivity index (χ0n) is 15.2. The van der Waals surface area contributed by atoms with Crippen molar-refractivity contribution < 1.29 is 14.3 Å². The summed E-state index contributed by atoms with van der Waals surface area (Å²) in [4.78, 5) is 13.7. The molecule has 1 aliphatic carbocycles. The molecule has 0 radical (unpaired) electrons. The SMILES string of the molecule is O=C(CSc1ccc2c(c1)OCCO2)NC1c2ccccc2-c2ccccc21. The molecule has 0 spiro atoms. The Morgan fingerprint density at radius 1 is 0.893 bits per heavy atom. The van der Waals surface area contributed by atoms with Crippen molar-refractivity contribution in [3.8, 4) is 22.6 Å². The van der Waals surface area contributed by atoms with Gasteiger partial charge in [0.05, 0.1) is 11.8 Å². The minimum atomic E-state index is -0.0965. The molecule has 140 valence electrons. The van der Waals surface area contributed by atoms with Gasteiger partial charge in [-0.1, -0.05) is 48.5 Å². The monoisotopic (exact) mass is 389 g/mol. The Morgan fingerprint density at radius 2 is 1.54 bits per heavy atom. The van der Waals surface area contributed by atoms with Crippen LogP contribution in [0.5, 0.6) is 11.5 Å². The van der Waals surface area contributed by atoms with Gasteiger partial charge >= 0.3 is 0 Å². The molecule has 3 aromatic carbocycles. The summed E-state index contributed by atoms with van der Waals surface area (Å²) in [5, 5.41) is 3.21. The van der Waals surface area contributed by atoms with Crippen molar-refractivity contribution in [2.45, 2.75) is 10.9 Å². The molecule has 0 unspecified atom stereocenters. The topological polar surface area (TPSA) is 47.6 Å². The van der Waals surface area contributed by atoms with Gasteiger partial charge in [-0.25, -0.2) is 0 Å². The quantitative estimate of drug-likeness (QED) is 0.671. The fourth-order valence-electron chi connectivity index (χ4n) is 3.78. The Balaban J connectivity index is 1.30. The van der Waals surface area contributed by atoms with Crippen LogP contribution in [0.2, 0.25) is 0 Å². The van der Waals surface area contributed by atoms with E-state index in [4.69, 9.17) is 9.47 Å². The smallest absolute Gasteiger partial charge is 0.231 e. The zero-order valence-corrected chi connectivity index (χ0v) is 16.0. The predicted molar refractivity (Wildman–Crippen MR) is 110 cm³/mol. The molecule has 1 aliphatic heterocycles. The van der Waals surface area contributed by atoms with Crippen molar-refractivity contribution in [3.63, 3.8) is 0 Å². The molecule has 4 nitrogen and oxygen atoms in total. The molecular weight excluding hydrogens is 370 g/mol. The van der Waals surface area contributed by atoms with Crippen molar-refractivity contribution in [1.29, 1.82) is 0 Å². The second-order valence-corrected chi connectivity index (χ2v) is 7.82. The Kier molecular flexibility index (Phi) is 4.45. The number of carbonyl (C=O) groups is 1. The maximum absolute atomic E-state index is 12.7. The lowest BCUT2D eigenvalue weighted by Crippen LogP contribution is -2.29. The lowest BCUT2D eigenvalue weighted by atomic mass is 10.1. The van der Waals surface area contributed by atoms with E-state index in [0.29, 0.717) is 19.0 Å². The molecule has 0 bridgehead atoms. The highest BCUT2D eigenvalue weighted by Crippen LogP contribution is 2.43. The van der Waals surface area contributed by atoms with Crippen LogP contribution in [0.25, 0.3) is 11.1 Å². The molecule has 5 rings (SSSR count). The number of benzene rings is 3. The Morgan fingerprint density at radius 3 is 2.25 bits per heavy atom. The second-order valence-electron chi connectivity index (χ2n) is 6.77. The molecule has 0 atom stereocenters. The van der Waals surface area contributed by atoms with Crippen LogP contribution < -0.4 is 14.8 Å². The van der Waals surface area contributed by atoms with Crippen molar-refractivity contribution >= 4 is 17.7 Å². The third kappa shape index (κ3) is 3.12. The van der Waals surface area contributed by atoms with Crippen LogP contribution in [-0.2, 0) is 4.79 Å². The van der Waals surface area contributed by atoms with Crippen LogP contribution in [0.3, 0.4) is 0 Å². The minimum Gasteiger partial charge on any atom is -0.486 e. The van der Waals surface area contributed by atoms with Gasteiger partial charge in [0.15, 0.2) is 11.5 Å². The molecule has 0 saturated carbocycles. The van der Waals surface area contributed by atoms with Crippen LogP contribution in [0, 0.1) is 0 Å². The third-order valence-corrected chi connectivity index (χ3v) is 6.02. The van der Waals surface area contributed by atoms with E-state index in [-0.39, 0.29) is 11.9 Å². The number of ether oxygens (including phenoxy) is 2. The fraction of sp³-hybridized carbons (Fsp3) is 0.174. The average molecular weight is 389 g/mol. The van der Waals surface area contributed by atoms with Gasteiger partial charge in [0.25, 0.3) is 0 Å². The first-order valence-electron chi connectivity index (χ1n) is 9.29. The number of hydrogen-bond donors (Lipinski definition) is 1. The van der Waals surface area contributed by atoms with Gasteiger partial charge in [0.1, 0.15) is 13.2 Å². The normalized spacial score (nSPS) is 14.3. The molecular formula is C23H19NO3S. The van der Waals surface area contributed by atoms with E-state index >= 15 is 0 Å². The largest absolute Gasteiger partial charge is 0.486 e. The molecule has 0 aromatic heterocycles. The predicted octanol–water partition coefficient (Wildman–Crippen LogP) is 4.44. The fourth-order valence-corrected chi connectivity index (χ4v) is 4.51. The summed E-state index contributed by atoms with van der Waals surface area (Å²) in [5.41, 5.74) is 4.70. The summed E-state index contributed by atoms with van der Waals surface area (Å²) < 4.78 is 11.2. The van der Waals surface area contributed by atoms with Gasteiger partial charge in [-0.3, -0.25) is 4.79 Å². The summed E-state index contributed by atoms with van der Waals surface area (Å²) in [6.07, 6.45) is 0. The summed E-state index contributed by atoms with van der Waals surface area (Å²) >= 11 is 1.50. The molecule has 1 heterocycles. The van der Waals surface area contributed by atoms with Gasteiger partial charge < -0.3 is 14.8 Å². The van der Waals surface area contributed by atoms with E-state index < -0.39 is 0 Å². The summed E-state index contributed by atoms with van der Waals surface area (Å²) in [6.45, 7) is 1.13. The van der Waals surface area contributed by atoms with E-state index in [1.54, 1.807) is 0 Å². The Labute approximate surface area is 167 Å². The van der Waals surface area contributed by atoms with E-state index in [9.17, 15) is 4.79 Å². The highest BCUT2D eigenvalue weighted by molar-refractivity contribution is 8.00. The third-order valence-electron chi connectivity index (χ3n) is 5.02. The molecule has 5 heteroatoms. The highest BCUT2D eigenvalue weighted by atomic mass is 32.2. The van der Waals surface area contributed by atoms with Crippen molar-refractivity contribution in [3.05, 3.63) is 77.9 Å². The Bertz CT molecular complexity index is 1000. The first-order chi connectivity index (χ1) is 13.8. The number of hydrogen-bond acceptors (Lipinski definition) is 4. The van der Waals surface area contributed by atoms with Crippen molar-refractivity contribution in [1.82, 2.24) is 5.32 Å². The first kappa shape index (κ1) is 17.2. The molecule has 1 N–H and O–H groups in total. The van der Waals surface area contributed by atoms with E-state index in [1.165, 1.54) is 22.9 Å². The van der Waals surface area contributed by atoms with Gasteiger partial charge in [-0.2, -0.15) is 0 Å². The van der Waals surface area contributed by atoms with E-state index in [2.05, 4.69) is 29.6 Å². The summed E-state index contributed by atoms with van der Waals surface area (Å²) in [7, 11) is 0. The van der Waals surface area contributed by atoms with Crippen LogP contribution in [0.1, 0.15) is 17.2 Å². The van der Waals surface area contributed by atoms with Crippen LogP contribution in [-0.4, -0.2) is 24.9 Å². The number of rotatable bonds is 4. The molecule has 3 aromatic rings.